The predicted octanol–water partition coefficient (Wildman–Crippen LogP) is 4.71. The minimum absolute atomic E-state index is 0.685. The Morgan fingerprint density at radius 2 is 1.91 bits per heavy atom. The van der Waals surface area contributed by atoms with Crippen molar-refractivity contribution in [2.45, 2.75) is 41.0 Å². The molecule has 0 unspecified atom stereocenters. The summed E-state index contributed by atoms with van der Waals surface area (Å²) in [6, 6.07) is 10.5. The Hall–Kier alpha value is -2.10. The van der Waals surface area contributed by atoms with Gasteiger partial charge in [0.25, 0.3) is 0 Å². The van der Waals surface area contributed by atoms with E-state index in [4.69, 9.17) is 4.98 Å². The van der Waals surface area contributed by atoms with Gasteiger partial charge < -0.3 is 10.2 Å². The van der Waals surface area contributed by atoms with Gasteiger partial charge in [-0.15, -0.1) is 0 Å². The van der Waals surface area contributed by atoms with Crippen LogP contribution < -0.4 is 10.2 Å². The number of nitrogens with one attached hydrogen (secondary N) is 1. The third kappa shape index (κ3) is 4.95. The Morgan fingerprint density at radius 1 is 1.13 bits per heavy atom. The first-order valence-electron chi connectivity index (χ1n) is 8.43. The Kier molecular flexibility index (Phi) is 5.97. The Balaban J connectivity index is 2.24. The summed E-state index contributed by atoms with van der Waals surface area (Å²) in [6.45, 7) is 12.5. The van der Waals surface area contributed by atoms with Crippen LogP contribution in [0.15, 0.2) is 30.3 Å². The van der Waals surface area contributed by atoms with Crippen LogP contribution in [0.25, 0.3) is 0 Å². The van der Waals surface area contributed by atoms with E-state index in [0.717, 1.165) is 42.7 Å². The SMILES string of the molecule is CCN(c1cccc(C)c1)c1nc(C)cc(NCCC(C)C)n1. The van der Waals surface area contributed by atoms with Gasteiger partial charge in [-0.1, -0.05) is 26.0 Å². The van der Waals surface area contributed by atoms with Crippen molar-refractivity contribution in [2.24, 2.45) is 5.92 Å². The number of nitrogens with zero attached hydrogens (tertiary/aromatic N) is 3. The summed E-state index contributed by atoms with van der Waals surface area (Å²) >= 11 is 0. The lowest BCUT2D eigenvalue weighted by molar-refractivity contribution is 0.606. The van der Waals surface area contributed by atoms with Crippen LogP contribution in [0, 0.1) is 19.8 Å². The molecule has 2 rings (SSSR count). The van der Waals surface area contributed by atoms with Crippen LogP contribution in [0.4, 0.5) is 17.5 Å². The fourth-order valence-electron chi connectivity index (χ4n) is 2.49. The molecule has 1 N–H and O–H groups in total. The highest BCUT2D eigenvalue weighted by atomic mass is 15.3. The second kappa shape index (κ2) is 7.95. The Labute approximate surface area is 140 Å². The molecule has 4 nitrogen and oxygen atoms in total. The van der Waals surface area contributed by atoms with Crippen molar-refractivity contribution >= 4 is 17.5 Å². The Morgan fingerprint density at radius 3 is 2.57 bits per heavy atom. The number of benzene rings is 1. The van der Waals surface area contributed by atoms with Gasteiger partial charge in [-0.2, -0.15) is 4.98 Å². The van der Waals surface area contributed by atoms with Crippen molar-refractivity contribution in [3.8, 4) is 0 Å². The van der Waals surface area contributed by atoms with E-state index in [1.54, 1.807) is 0 Å². The highest BCUT2D eigenvalue weighted by Gasteiger charge is 2.12. The van der Waals surface area contributed by atoms with Gasteiger partial charge in [0.05, 0.1) is 0 Å². The molecule has 0 aliphatic carbocycles. The maximum absolute atomic E-state index is 4.71. The molecule has 23 heavy (non-hydrogen) atoms. The van der Waals surface area contributed by atoms with Crippen molar-refractivity contribution < 1.29 is 0 Å². The molecule has 1 aromatic carbocycles. The van der Waals surface area contributed by atoms with Gasteiger partial charge in [-0.25, -0.2) is 4.98 Å². The smallest absolute Gasteiger partial charge is 0.232 e. The highest BCUT2D eigenvalue weighted by molar-refractivity contribution is 5.59. The highest BCUT2D eigenvalue weighted by Crippen LogP contribution is 2.24. The van der Waals surface area contributed by atoms with E-state index in [-0.39, 0.29) is 0 Å². The van der Waals surface area contributed by atoms with Gasteiger partial charge in [0.15, 0.2) is 0 Å². The van der Waals surface area contributed by atoms with E-state index in [1.165, 1.54) is 5.56 Å². The predicted molar refractivity (Wildman–Crippen MR) is 98.6 cm³/mol. The van der Waals surface area contributed by atoms with Crippen LogP contribution in [-0.4, -0.2) is 23.1 Å². The van der Waals surface area contributed by atoms with Gasteiger partial charge in [-0.05, 0) is 50.8 Å². The largest absolute Gasteiger partial charge is 0.370 e. The van der Waals surface area contributed by atoms with E-state index >= 15 is 0 Å². The van der Waals surface area contributed by atoms with Crippen LogP contribution in [-0.2, 0) is 0 Å². The molecule has 0 atom stereocenters. The van der Waals surface area contributed by atoms with Gasteiger partial charge in [0, 0.05) is 30.5 Å². The fourth-order valence-corrected chi connectivity index (χ4v) is 2.49. The second-order valence-corrected chi connectivity index (χ2v) is 6.39. The van der Waals surface area contributed by atoms with Crippen molar-refractivity contribution in [3.63, 3.8) is 0 Å². The molecule has 0 amide bonds. The number of hydrogen-bond donors (Lipinski definition) is 1. The average molecular weight is 312 g/mol. The van der Waals surface area contributed by atoms with Crippen LogP contribution in [0.2, 0.25) is 0 Å². The molecular formula is C19H28N4. The third-order valence-electron chi connectivity index (χ3n) is 3.74. The lowest BCUT2D eigenvalue weighted by Crippen LogP contribution is -2.20. The molecule has 0 fully saturated rings. The van der Waals surface area contributed by atoms with E-state index in [9.17, 15) is 0 Å². The minimum atomic E-state index is 0.685. The lowest BCUT2D eigenvalue weighted by Gasteiger charge is -2.22. The van der Waals surface area contributed by atoms with E-state index in [1.807, 2.05) is 13.0 Å². The molecule has 0 saturated carbocycles. The molecule has 0 aliphatic rings. The third-order valence-corrected chi connectivity index (χ3v) is 3.74. The number of aromatic nitrogens is 2. The fraction of sp³-hybridized carbons (Fsp3) is 0.474. The van der Waals surface area contributed by atoms with Crippen LogP contribution >= 0.6 is 0 Å². The molecule has 0 saturated heterocycles. The standard InChI is InChI=1S/C19H28N4/c1-6-23(17-9-7-8-15(4)12-17)19-21-16(5)13-18(22-19)20-11-10-14(2)3/h7-9,12-14H,6,10-11H2,1-5H3,(H,20,21,22). The van der Waals surface area contributed by atoms with Gasteiger partial charge in [0.1, 0.15) is 5.82 Å². The van der Waals surface area contributed by atoms with Crippen LogP contribution in [0.5, 0.6) is 0 Å². The lowest BCUT2D eigenvalue weighted by atomic mass is 10.1. The molecule has 4 heteroatoms. The van der Waals surface area contributed by atoms with E-state index < -0.39 is 0 Å². The van der Waals surface area contributed by atoms with Crippen molar-refractivity contribution in [3.05, 3.63) is 41.6 Å². The van der Waals surface area contributed by atoms with Gasteiger partial charge >= 0.3 is 0 Å². The molecule has 1 aromatic heterocycles. The first-order chi connectivity index (χ1) is 11.0. The quantitative estimate of drug-likeness (QED) is 0.804. The number of rotatable bonds is 7. The van der Waals surface area contributed by atoms with Crippen LogP contribution in [0.1, 0.15) is 38.4 Å². The van der Waals surface area contributed by atoms with Gasteiger partial charge in [0.2, 0.25) is 5.95 Å². The summed E-state index contributed by atoms with van der Waals surface area (Å²) in [5.74, 6) is 2.34. The monoisotopic (exact) mass is 312 g/mol. The molecular weight excluding hydrogens is 284 g/mol. The molecule has 0 radical (unpaired) electrons. The van der Waals surface area contributed by atoms with E-state index in [2.05, 4.69) is 67.2 Å². The normalized spacial score (nSPS) is 10.9. The summed E-state index contributed by atoms with van der Waals surface area (Å²) in [5.41, 5.74) is 3.35. The van der Waals surface area contributed by atoms with Crippen LogP contribution in [0.3, 0.4) is 0 Å². The summed E-state index contributed by atoms with van der Waals surface area (Å²) in [7, 11) is 0. The average Bonchev–Trinajstić information content (AvgIpc) is 2.47. The molecule has 124 valence electrons. The Bertz CT molecular complexity index is 637. The summed E-state index contributed by atoms with van der Waals surface area (Å²) in [6.07, 6.45) is 1.13. The zero-order chi connectivity index (χ0) is 16.8. The van der Waals surface area contributed by atoms with E-state index in [0.29, 0.717) is 5.92 Å². The van der Waals surface area contributed by atoms with Crippen molar-refractivity contribution in [1.29, 1.82) is 0 Å². The zero-order valence-electron chi connectivity index (χ0n) is 14.9. The number of hydrogen-bond acceptors (Lipinski definition) is 4. The topological polar surface area (TPSA) is 41.1 Å². The molecule has 0 bridgehead atoms. The summed E-state index contributed by atoms with van der Waals surface area (Å²) < 4.78 is 0. The maximum atomic E-state index is 4.71. The second-order valence-electron chi connectivity index (χ2n) is 6.39. The summed E-state index contributed by atoms with van der Waals surface area (Å²) in [4.78, 5) is 11.5. The van der Waals surface area contributed by atoms with Crippen molar-refractivity contribution in [2.75, 3.05) is 23.3 Å². The van der Waals surface area contributed by atoms with Crippen molar-refractivity contribution in [1.82, 2.24) is 9.97 Å². The molecule has 2 aromatic rings. The number of anilines is 3. The van der Waals surface area contributed by atoms with Gasteiger partial charge in [-0.3, -0.25) is 0 Å². The zero-order valence-corrected chi connectivity index (χ0v) is 14.9. The first-order valence-corrected chi connectivity index (χ1v) is 8.43. The molecule has 0 spiro atoms. The first kappa shape index (κ1) is 17.3. The molecule has 0 aliphatic heterocycles. The maximum Gasteiger partial charge on any atom is 0.232 e. The number of aryl methyl sites for hydroxylation is 2. The molecule has 1 heterocycles. The summed E-state index contributed by atoms with van der Waals surface area (Å²) in [5, 5.41) is 3.42. The minimum Gasteiger partial charge on any atom is -0.370 e.